The molecule has 0 aromatic carbocycles. The number of aromatic nitrogens is 2. The van der Waals surface area contributed by atoms with Gasteiger partial charge in [-0.05, 0) is 31.8 Å². The molecule has 4 heterocycles. The minimum atomic E-state index is -0.116. The molecule has 3 fully saturated rings. The fraction of sp³-hybridized carbons (Fsp3) is 0.636. The van der Waals surface area contributed by atoms with Gasteiger partial charge in [0.1, 0.15) is 11.4 Å². The first-order valence-corrected chi connectivity index (χ1v) is 6.06. The number of hydrogen-bond acceptors (Lipinski definition) is 4. The van der Waals surface area contributed by atoms with E-state index in [0.717, 1.165) is 6.54 Å². The van der Waals surface area contributed by atoms with Gasteiger partial charge in [-0.1, -0.05) is 0 Å². The van der Waals surface area contributed by atoms with Crippen molar-refractivity contribution in [2.24, 2.45) is 5.92 Å². The molecule has 1 unspecified atom stereocenters. The van der Waals surface area contributed by atoms with E-state index in [1.165, 1.54) is 32.1 Å². The van der Waals surface area contributed by atoms with Crippen molar-refractivity contribution in [1.29, 1.82) is 0 Å². The van der Waals surface area contributed by atoms with Crippen molar-refractivity contribution in [1.82, 2.24) is 20.4 Å². The molecule has 17 heavy (non-hydrogen) atoms. The Kier molecular flexibility index (Phi) is 2.51. The standard InChI is InChI=1S/C11H17N5O/c12-10-8(5-13-15-10)11(17)14-9-6-16-3-1-7(9)2-4-16/h5,7,9H,1-4,6H2,(H,14,17)(H3,12,13,15). The Bertz CT molecular complexity index is 421. The zero-order chi connectivity index (χ0) is 11.8. The molecule has 3 aliphatic heterocycles. The zero-order valence-electron chi connectivity index (χ0n) is 9.65. The summed E-state index contributed by atoms with van der Waals surface area (Å²) in [5.41, 5.74) is 6.08. The highest BCUT2D eigenvalue weighted by molar-refractivity contribution is 5.98. The fourth-order valence-corrected chi connectivity index (χ4v) is 2.85. The smallest absolute Gasteiger partial charge is 0.256 e. The van der Waals surface area contributed by atoms with E-state index in [2.05, 4.69) is 20.4 Å². The highest BCUT2D eigenvalue weighted by Crippen LogP contribution is 2.27. The topological polar surface area (TPSA) is 87.0 Å². The first kappa shape index (κ1) is 10.6. The lowest BCUT2D eigenvalue weighted by Gasteiger charge is -2.44. The molecule has 0 radical (unpaired) electrons. The molecule has 1 aromatic heterocycles. The Morgan fingerprint density at radius 1 is 1.53 bits per heavy atom. The third-order valence-corrected chi connectivity index (χ3v) is 3.89. The summed E-state index contributed by atoms with van der Waals surface area (Å²) < 4.78 is 0. The number of nitrogen functional groups attached to an aromatic ring is 1. The van der Waals surface area contributed by atoms with Crippen LogP contribution in [0.3, 0.4) is 0 Å². The summed E-state index contributed by atoms with van der Waals surface area (Å²) in [6.07, 6.45) is 3.85. The van der Waals surface area contributed by atoms with Gasteiger partial charge in [0.2, 0.25) is 0 Å². The first-order valence-electron chi connectivity index (χ1n) is 6.06. The number of nitrogens with one attached hydrogen (secondary N) is 2. The van der Waals surface area contributed by atoms with Crippen molar-refractivity contribution >= 4 is 11.7 Å². The molecule has 1 aromatic rings. The number of nitrogens with zero attached hydrogens (tertiary/aromatic N) is 2. The van der Waals surface area contributed by atoms with Crippen LogP contribution >= 0.6 is 0 Å². The summed E-state index contributed by atoms with van der Waals surface area (Å²) >= 11 is 0. The number of carbonyl (C=O) groups is 1. The molecule has 3 aliphatic rings. The predicted octanol–water partition coefficient (Wildman–Crippen LogP) is -0.184. The van der Waals surface area contributed by atoms with Gasteiger partial charge in [-0.2, -0.15) is 5.10 Å². The summed E-state index contributed by atoms with van der Waals surface area (Å²) in [5.74, 6) is 0.843. The lowest BCUT2D eigenvalue weighted by atomic mass is 9.84. The molecule has 3 saturated heterocycles. The van der Waals surface area contributed by atoms with Crippen LogP contribution in [0.15, 0.2) is 6.20 Å². The number of nitrogens with two attached hydrogens (primary N) is 1. The maximum absolute atomic E-state index is 12.0. The SMILES string of the molecule is Nc1[nH]ncc1C(=O)NC1CN2CCC1CC2. The van der Waals surface area contributed by atoms with Crippen LogP contribution in [-0.2, 0) is 0 Å². The lowest BCUT2D eigenvalue weighted by molar-refractivity contribution is 0.0621. The van der Waals surface area contributed by atoms with Gasteiger partial charge in [0.05, 0.1) is 6.20 Å². The molecule has 1 atom stereocenters. The van der Waals surface area contributed by atoms with E-state index in [4.69, 9.17) is 5.73 Å². The van der Waals surface area contributed by atoms with Crippen molar-refractivity contribution in [2.75, 3.05) is 25.4 Å². The van der Waals surface area contributed by atoms with E-state index >= 15 is 0 Å². The quantitative estimate of drug-likeness (QED) is 0.663. The number of piperidine rings is 3. The molecule has 0 aliphatic carbocycles. The minimum Gasteiger partial charge on any atom is -0.383 e. The summed E-state index contributed by atoms with van der Waals surface area (Å²) in [5, 5.41) is 9.41. The zero-order valence-corrected chi connectivity index (χ0v) is 9.65. The second kappa shape index (κ2) is 4.03. The largest absolute Gasteiger partial charge is 0.383 e. The maximum Gasteiger partial charge on any atom is 0.256 e. The Hall–Kier alpha value is -1.56. The Morgan fingerprint density at radius 2 is 2.29 bits per heavy atom. The Morgan fingerprint density at radius 3 is 2.82 bits per heavy atom. The van der Waals surface area contributed by atoms with E-state index in [1.54, 1.807) is 0 Å². The number of aromatic amines is 1. The Balaban J connectivity index is 1.68. The summed E-state index contributed by atoms with van der Waals surface area (Å²) in [6.45, 7) is 3.31. The van der Waals surface area contributed by atoms with Crippen LogP contribution in [0.25, 0.3) is 0 Å². The number of amides is 1. The molecule has 1 amide bonds. The lowest BCUT2D eigenvalue weighted by Crippen LogP contribution is -2.57. The maximum atomic E-state index is 12.0. The molecular formula is C11H17N5O. The van der Waals surface area contributed by atoms with Crippen LogP contribution in [0.2, 0.25) is 0 Å². The van der Waals surface area contributed by atoms with Gasteiger partial charge >= 0.3 is 0 Å². The molecule has 0 saturated carbocycles. The van der Waals surface area contributed by atoms with Crippen molar-refractivity contribution in [3.63, 3.8) is 0 Å². The van der Waals surface area contributed by atoms with Gasteiger partial charge in [-0.25, -0.2) is 0 Å². The van der Waals surface area contributed by atoms with Gasteiger partial charge < -0.3 is 16.0 Å². The second-order valence-electron chi connectivity index (χ2n) is 4.92. The molecule has 4 rings (SSSR count). The normalized spacial score (nSPS) is 31.4. The van der Waals surface area contributed by atoms with Crippen molar-refractivity contribution in [3.8, 4) is 0 Å². The van der Waals surface area contributed by atoms with Crippen LogP contribution in [0.1, 0.15) is 23.2 Å². The number of rotatable bonds is 2. The van der Waals surface area contributed by atoms with Crippen LogP contribution in [0.5, 0.6) is 0 Å². The Labute approximate surface area is 99.5 Å². The number of hydrogen-bond donors (Lipinski definition) is 3. The van der Waals surface area contributed by atoms with Crippen molar-refractivity contribution in [3.05, 3.63) is 11.8 Å². The number of H-pyrrole nitrogens is 1. The number of fused-ring (bicyclic) bond motifs is 3. The number of carbonyl (C=O) groups excluding carboxylic acids is 1. The first-order chi connectivity index (χ1) is 8.24. The van der Waals surface area contributed by atoms with Crippen molar-refractivity contribution < 1.29 is 4.79 Å². The van der Waals surface area contributed by atoms with E-state index in [0.29, 0.717) is 17.3 Å². The third kappa shape index (κ3) is 1.88. The molecule has 6 nitrogen and oxygen atoms in total. The summed E-state index contributed by atoms with van der Waals surface area (Å²) in [7, 11) is 0. The van der Waals surface area contributed by atoms with Gasteiger partial charge in [-0.3, -0.25) is 9.89 Å². The average Bonchev–Trinajstić information content (AvgIpc) is 2.77. The van der Waals surface area contributed by atoms with E-state index in [9.17, 15) is 4.79 Å². The van der Waals surface area contributed by atoms with Crippen LogP contribution in [-0.4, -0.2) is 46.7 Å². The molecule has 92 valence electrons. The monoisotopic (exact) mass is 235 g/mol. The predicted molar refractivity (Wildman–Crippen MR) is 63.4 cm³/mol. The van der Waals surface area contributed by atoms with Crippen LogP contribution in [0.4, 0.5) is 5.82 Å². The third-order valence-electron chi connectivity index (χ3n) is 3.89. The highest BCUT2D eigenvalue weighted by Gasteiger charge is 2.35. The molecule has 2 bridgehead atoms. The van der Waals surface area contributed by atoms with E-state index in [1.807, 2.05) is 0 Å². The number of anilines is 1. The molecular weight excluding hydrogens is 218 g/mol. The molecule has 6 heteroatoms. The van der Waals surface area contributed by atoms with Gasteiger partial charge in [0.15, 0.2) is 0 Å². The summed E-state index contributed by atoms with van der Waals surface area (Å²) in [6, 6.07) is 0.263. The van der Waals surface area contributed by atoms with Gasteiger partial charge in [-0.15, -0.1) is 0 Å². The van der Waals surface area contributed by atoms with E-state index in [-0.39, 0.29) is 11.9 Å². The summed E-state index contributed by atoms with van der Waals surface area (Å²) in [4.78, 5) is 14.4. The molecule has 0 spiro atoms. The fourth-order valence-electron chi connectivity index (χ4n) is 2.85. The van der Waals surface area contributed by atoms with Crippen molar-refractivity contribution in [2.45, 2.75) is 18.9 Å². The average molecular weight is 235 g/mol. The van der Waals surface area contributed by atoms with Gasteiger partial charge in [0.25, 0.3) is 5.91 Å². The van der Waals surface area contributed by atoms with Crippen LogP contribution in [0, 0.1) is 5.92 Å². The second-order valence-corrected chi connectivity index (χ2v) is 4.92. The highest BCUT2D eigenvalue weighted by atomic mass is 16.1. The minimum absolute atomic E-state index is 0.116. The van der Waals surface area contributed by atoms with Crippen LogP contribution < -0.4 is 11.1 Å². The van der Waals surface area contributed by atoms with Gasteiger partial charge in [0, 0.05) is 12.6 Å². The van der Waals surface area contributed by atoms with E-state index < -0.39 is 0 Å². The molecule has 4 N–H and O–H groups in total.